The second-order valence-corrected chi connectivity index (χ2v) is 7.26. The number of unbranched alkanes of at least 4 members (excludes halogenated alkanes) is 7. The van der Waals surface area contributed by atoms with Crippen molar-refractivity contribution in [3.05, 3.63) is 12.7 Å². The minimum absolute atomic E-state index is 0.201. The molecule has 136 valence electrons. The van der Waals surface area contributed by atoms with Crippen LogP contribution in [-0.2, 0) is 18.7 Å². The van der Waals surface area contributed by atoms with Crippen LogP contribution >= 0.6 is 8.03 Å². The molecule has 0 spiro atoms. The summed E-state index contributed by atoms with van der Waals surface area (Å²) < 4.78 is 16.3. The van der Waals surface area contributed by atoms with Gasteiger partial charge in [0.1, 0.15) is 5.85 Å². The highest BCUT2D eigenvalue weighted by Crippen LogP contribution is 2.27. The van der Waals surface area contributed by atoms with Crippen molar-refractivity contribution < 1.29 is 23.8 Å². The van der Waals surface area contributed by atoms with Crippen molar-refractivity contribution in [1.29, 1.82) is 0 Å². The Bertz CT molecular complexity index is 349. The monoisotopic (exact) mass is 349 g/mol. The number of amides is 1. The second-order valence-electron chi connectivity index (χ2n) is 5.50. The number of rotatable bonds is 15. The van der Waals surface area contributed by atoms with E-state index >= 15 is 0 Å². The van der Waals surface area contributed by atoms with Crippen LogP contribution in [0.4, 0.5) is 0 Å². The largest absolute Gasteiger partial charge is 0.384 e. The molecule has 0 radical (unpaired) electrons. The van der Waals surface area contributed by atoms with Crippen molar-refractivity contribution in [1.82, 2.24) is 5.06 Å². The van der Waals surface area contributed by atoms with E-state index in [0.29, 0.717) is 13.2 Å². The molecular weight excluding hydrogens is 317 g/mol. The van der Waals surface area contributed by atoms with E-state index in [1.807, 2.05) is 0 Å². The fourth-order valence-electron chi connectivity index (χ4n) is 2.10. The third-order valence-electron chi connectivity index (χ3n) is 3.48. The summed E-state index contributed by atoms with van der Waals surface area (Å²) in [5, 5.41) is 10.4. The SMILES string of the molecule is C=CC(=O)N(CCCCCCCCCCO[PH](=O)C(C)O)OC. The van der Waals surface area contributed by atoms with Crippen molar-refractivity contribution in [2.45, 2.75) is 64.1 Å². The van der Waals surface area contributed by atoms with Gasteiger partial charge >= 0.3 is 0 Å². The number of aliphatic hydroxyl groups is 1. The van der Waals surface area contributed by atoms with Gasteiger partial charge in [-0.3, -0.25) is 14.2 Å². The fraction of sp³-hybridized carbons (Fsp3) is 0.812. The Hall–Kier alpha value is -0.680. The van der Waals surface area contributed by atoms with Gasteiger partial charge < -0.3 is 9.63 Å². The first kappa shape index (κ1) is 22.3. The van der Waals surface area contributed by atoms with Gasteiger partial charge in [0.15, 0.2) is 0 Å². The molecule has 1 N–H and O–H groups in total. The molecule has 23 heavy (non-hydrogen) atoms. The van der Waals surface area contributed by atoms with E-state index in [2.05, 4.69) is 6.58 Å². The molecule has 0 rings (SSSR count). The van der Waals surface area contributed by atoms with Gasteiger partial charge in [-0.25, -0.2) is 5.06 Å². The zero-order chi connectivity index (χ0) is 17.5. The van der Waals surface area contributed by atoms with E-state index in [4.69, 9.17) is 14.5 Å². The lowest BCUT2D eigenvalue weighted by molar-refractivity contribution is -0.170. The number of carbonyl (C=O) groups excluding carboxylic acids is 1. The van der Waals surface area contributed by atoms with E-state index in [-0.39, 0.29) is 5.91 Å². The molecule has 7 heteroatoms. The smallest absolute Gasteiger partial charge is 0.269 e. The summed E-state index contributed by atoms with van der Waals surface area (Å²) >= 11 is 0. The molecule has 0 saturated heterocycles. The summed E-state index contributed by atoms with van der Waals surface area (Å²) in [4.78, 5) is 16.3. The number of carbonyl (C=O) groups is 1. The van der Waals surface area contributed by atoms with Crippen LogP contribution in [-0.4, -0.2) is 42.2 Å². The summed E-state index contributed by atoms with van der Waals surface area (Å²) in [7, 11) is -0.781. The van der Waals surface area contributed by atoms with E-state index in [1.54, 1.807) is 0 Å². The predicted molar refractivity (Wildman–Crippen MR) is 92.5 cm³/mol. The van der Waals surface area contributed by atoms with E-state index < -0.39 is 13.9 Å². The summed E-state index contributed by atoms with van der Waals surface area (Å²) in [6.45, 7) is 5.99. The molecule has 0 aliphatic heterocycles. The van der Waals surface area contributed by atoms with Gasteiger partial charge in [0.05, 0.1) is 13.7 Å². The summed E-state index contributed by atoms with van der Waals surface area (Å²) in [5.41, 5.74) is 0. The third kappa shape index (κ3) is 12.4. The van der Waals surface area contributed by atoms with Gasteiger partial charge in [-0.15, -0.1) is 0 Å². The maximum atomic E-state index is 11.4. The quantitative estimate of drug-likeness (QED) is 0.212. The third-order valence-corrected chi connectivity index (χ3v) is 4.65. The fourth-order valence-corrected chi connectivity index (χ4v) is 2.69. The molecule has 0 aromatic rings. The molecule has 2 atom stereocenters. The normalized spacial score (nSPS) is 13.5. The number of nitrogens with zero attached hydrogens (tertiary/aromatic N) is 1. The lowest BCUT2D eigenvalue weighted by atomic mass is 10.1. The van der Waals surface area contributed by atoms with Gasteiger partial charge in [0.25, 0.3) is 5.91 Å². The molecule has 0 bridgehead atoms. The number of hydroxylamine groups is 2. The van der Waals surface area contributed by atoms with E-state index in [9.17, 15) is 9.36 Å². The zero-order valence-corrected chi connectivity index (χ0v) is 15.5. The molecule has 2 unspecified atom stereocenters. The second kappa shape index (κ2) is 14.9. The van der Waals surface area contributed by atoms with Crippen LogP contribution in [0, 0.1) is 0 Å². The minimum Gasteiger partial charge on any atom is -0.384 e. The molecule has 0 saturated carbocycles. The molecule has 0 heterocycles. The number of hydrogen-bond acceptors (Lipinski definition) is 5. The van der Waals surface area contributed by atoms with Crippen LogP contribution < -0.4 is 0 Å². The van der Waals surface area contributed by atoms with Gasteiger partial charge in [-0.1, -0.05) is 45.1 Å². The van der Waals surface area contributed by atoms with Gasteiger partial charge in [0, 0.05) is 6.54 Å². The molecular formula is C16H32NO5P. The standard InChI is InChI=1S/C16H32NO5P/c1-4-16(19)17(21-3)13-11-9-7-5-6-8-10-12-14-22-23(20)15(2)18/h4,15,18,23H,1,5-14H2,2-3H3. The zero-order valence-electron chi connectivity index (χ0n) is 14.5. The molecule has 1 amide bonds. The van der Waals surface area contributed by atoms with Crippen LogP contribution in [0.2, 0.25) is 0 Å². The molecule has 0 fully saturated rings. The molecule has 0 aromatic carbocycles. The topological polar surface area (TPSA) is 76.1 Å². The average Bonchev–Trinajstić information content (AvgIpc) is 2.54. The Kier molecular flexibility index (Phi) is 14.4. The molecule has 0 aliphatic carbocycles. The van der Waals surface area contributed by atoms with E-state index in [0.717, 1.165) is 38.5 Å². The lowest BCUT2D eigenvalue weighted by Crippen LogP contribution is -2.29. The molecule has 0 aromatic heterocycles. The molecule has 6 nitrogen and oxygen atoms in total. The molecule has 0 aliphatic rings. The minimum atomic E-state index is -2.27. The Morgan fingerprint density at radius 3 is 2.17 bits per heavy atom. The van der Waals surface area contributed by atoms with Crippen molar-refractivity contribution in [3.63, 3.8) is 0 Å². The number of hydrogen-bond donors (Lipinski definition) is 1. The maximum absolute atomic E-state index is 11.4. The van der Waals surface area contributed by atoms with Crippen LogP contribution in [0.15, 0.2) is 12.7 Å². The maximum Gasteiger partial charge on any atom is 0.269 e. The van der Waals surface area contributed by atoms with Crippen molar-refractivity contribution in [2.24, 2.45) is 0 Å². The first-order valence-electron chi connectivity index (χ1n) is 8.35. The lowest BCUT2D eigenvalue weighted by Gasteiger charge is -2.17. The van der Waals surface area contributed by atoms with Crippen LogP contribution in [0.3, 0.4) is 0 Å². The highest BCUT2D eigenvalue weighted by molar-refractivity contribution is 7.39. The highest BCUT2D eigenvalue weighted by atomic mass is 31.1. The first-order chi connectivity index (χ1) is 11.0. The summed E-state index contributed by atoms with van der Waals surface area (Å²) in [6.07, 6.45) is 9.82. The van der Waals surface area contributed by atoms with Gasteiger partial charge in [0.2, 0.25) is 8.03 Å². The van der Waals surface area contributed by atoms with Crippen LogP contribution in [0.25, 0.3) is 0 Å². The van der Waals surface area contributed by atoms with Crippen molar-refractivity contribution in [2.75, 3.05) is 20.3 Å². The van der Waals surface area contributed by atoms with Gasteiger partial charge in [-0.2, -0.15) is 0 Å². The Morgan fingerprint density at radius 1 is 1.17 bits per heavy atom. The van der Waals surface area contributed by atoms with Crippen LogP contribution in [0.5, 0.6) is 0 Å². The summed E-state index contributed by atoms with van der Waals surface area (Å²) in [5.74, 6) is -1.05. The number of aliphatic hydroxyl groups excluding tert-OH is 1. The highest BCUT2D eigenvalue weighted by Gasteiger charge is 2.08. The Morgan fingerprint density at radius 2 is 1.70 bits per heavy atom. The Balaban J connectivity index is 3.35. The van der Waals surface area contributed by atoms with Crippen LogP contribution in [0.1, 0.15) is 58.3 Å². The summed E-state index contributed by atoms with van der Waals surface area (Å²) in [6, 6.07) is 0. The van der Waals surface area contributed by atoms with Gasteiger partial charge in [-0.05, 0) is 25.8 Å². The Labute approximate surface area is 140 Å². The first-order valence-corrected chi connectivity index (χ1v) is 9.75. The average molecular weight is 349 g/mol. The van der Waals surface area contributed by atoms with Crippen molar-refractivity contribution in [3.8, 4) is 0 Å². The van der Waals surface area contributed by atoms with Crippen molar-refractivity contribution >= 4 is 13.9 Å². The van der Waals surface area contributed by atoms with E-state index in [1.165, 1.54) is 38.0 Å². The predicted octanol–water partition coefficient (Wildman–Crippen LogP) is 3.51.